The monoisotopic (exact) mass is 315 g/mol. The summed E-state index contributed by atoms with van der Waals surface area (Å²) < 4.78 is 27.2. The third kappa shape index (κ3) is 4.03. The molecule has 2 rings (SSSR count). The molecule has 0 aromatic carbocycles. The molecule has 7 nitrogen and oxygen atoms in total. The van der Waals surface area contributed by atoms with Crippen molar-refractivity contribution in [2.24, 2.45) is 11.7 Å². The van der Waals surface area contributed by atoms with E-state index >= 15 is 0 Å². The molecule has 1 aromatic heterocycles. The molecule has 1 saturated heterocycles. The van der Waals surface area contributed by atoms with E-state index < -0.39 is 10.0 Å². The van der Waals surface area contributed by atoms with Gasteiger partial charge >= 0.3 is 0 Å². The van der Waals surface area contributed by atoms with Crippen molar-refractivity contribution in [3.63, 3.8) is 0 Å². The largest absolute Gasteiger partial charge is 0.326 e. The van der Waals surface area contributed by atoms with Gasteiger partial charge in [-0.15, -0.1) is 0 Å². The lowest BCUT2D eigenvalue weighted by molar-refractivity contribution is 0.213. The van der Waals surface area contributed by atoms with Crippen LogP contribution in [0.15, 0.2) is 5.03 Å². The summed E-state index contributed by atoms with van der Waals surface area (Å²) in [6.07, 6.45) is 3.13. The number of sulfonamides is 1. The zero-order valence-electron chi connectivity index (χ0n) is 12.7. The molecule has 0 radical (unpaired) electrons. The first-order chi connectivity index (χ1) is 9.94. The SMILES string of the molecule is Cc1[nH]nc(S(=O)(=O)NCCC2CCN(C)CC2)c1CN. The third-order valence-corrected chi connectivity index (χ3v) is 5.61. The summed E-state index contributed by atoms with van der Waals surface area (Å²) in [5.41, 5.74) is 6.85. The standard InChI is InChI=1S/C13H25N5O2S/c1-10-12(9-14)13(17-16-10)21(19,20)15-6-3-11-4-7-18(2)8-5-11/h11,15H,3-9,14H2,1-2H3,(H,16,17). The Morgan fingerprint density at radius 2 is 2.10 bits per heavy atom. The highest BCUT2D eigenvalue weighted by Gasteiger charge is 2.23. The van der Waals surface area contributed by atoms with Crippen LogP contribution in [-0.2, 0) is 16.6 Å². The highest BCUT2D eigenvalue weighted by atomic mass is 32.2. The maximum atomic E-state index is 12.3. The average molecular weight is 315 g/mol. The molecule has 1 aliphatic rings. The van der Waals surface area contributed by atoms with E-state index in [1.165, 1.54) is 0 Å². The zero-order chi connectivity index (χ0) is 15.5. The van der Waals surface area contributed by atoms with E-state index in [4.69, 9.17) is 5.73 Å². The van der Waals surface area contributed by atoms with Crippen molar-refractivity contribution < 1.29 is 8.42 Å². The number of nitrogens with zero attached hydrogens (tertiary/aromatic N) is 2. The summed E-state index contributed by atoms with van der Waals surface area (Å²) in [6, 6.07) is 0. The van der Waals surface area contributed by atoms with E-state index in [0.717, 1.165) is 32.4 Å². The van der Waals surface area contributed by atoms with Gasteiger partial charge in [0.05, 0.1) is 0 Å². The van der Waals surface area contributed by atoms with Crippen LogP contribution in [0.1, 0.15) is 30.5 Å². The fourth-order valence-electron chi connectivity index (χ4n) is 2.71. The molecule has 2 heterocycles. The number of piperidine rings is 1. The van der Waals surface area contributed by atoms with Crippen LogP contribution < -0.4 is 10.5 Å². The number of nitrogens with one attached hydrogen (secondary N) is 2. The van der Waals surface area contributed by atoms with Gasteiger partial charge in [0.25, 0.3) is 10.0 Å². The number of hydrogen-bond acceptors (Lipinski definition) is 5. The van der Waals surface area contributed by atoms with Crippen molar-refractivity contribution in [3.8, 4) is 0 Å². The Kier molecular flexibility index (Phi) is 5.37. The molecule has 0 spiro atoms. The molecule has 120 valence electrons. The van der Waals surface area contributed by atoms with Gasteiger partial charge in [0.1, 0.15) is 0 Å². The maximum Gasteiger partial charge on any atom is 0.260 e. The average Bonchev–Trinajstić information content (AvgIpc) is 2.82. The number of aryl methyl sites for hydroxylation is 1. The Balaban J connectivity index is 1.89. The van der Waals surface area contributed by atoms with Gasteiger partial charge in [0.2, 0.25) is 0 Å². The highest BCUT2D eigenvalue weighted by Crippen LogP contribution is 2.20. The molecular formula is C13H25N5O2S. The predicted molar refractivity (Wildman–Crippen MR) is 81.2 cm³/mol. The summed E-state index contributed by atoms with van der Waals surface area (Å²) in [7, 11) is -1.46. The van der Waals surface area contributed by atoms with Gasteiger partial charge in [0.15, 0.2) is 5.03 Å². The first-order valence-electron chi connectivity index (χ1n) is 7.36. The summed E-state index contributed by atoms with van der Waals surface area (Å²) in [4.78, 5) is 2.31. The first kappa shape index (κ1) is 16.4. The Morgan fingerprint density at radius 3 is 2.71 bits per heavy atom. The third-order valence-electron chi connectivity index (χ3n) is 4.18. The molecule has 4 N–H and O–H groups in total. The van der Waals surface area contributed by atoms with Crippen LogP contribution >= 0.6 is 0 Å². The van der Waals surface area contributed by atoms with Gasteiger partial charge < -0.3 is 10.6 Å². The van der Waals surface area contributed by atoms with E-state index in [1.54, 1.807) is 6.92 Å². The molecule has 8 heteroatoms. The molecule has 0 amide bonds. The van der Waals surface area contributed by atoms with E-state index in [-0.39, 0.29) is 11.6 Å². The van der Waals surface area contributed by atoms with E-state index in [9.17, 15) is 8.42 Å². The van der Waals surface area contributed by atoms with Crippen LogP contribution in [0, 0.1) is 12.8 Å². The van der Waals surface area contributed by atoms with E-state index in [2.05, 4.69) is 26.9 Å². The summed E-state index contributed by atoms with van der Waals surface area (Å²) in [5, 5.41) is 6.59. The van der Waals surface area contributed by atoms with Crippen LogP contribution in [0.2, 0.25) is 0 Å². The van der Waals surface area contributed by atoms with Crippen molar-refractivity contribution in [1.29, 1.82) is 0 Å². The van der Waals surface area contributed by atoms with Crippen molar-refractivity contribution in [3.05, 3.63) is 11.3 Å². The molecule has 0 unspecified atom stereocenters. The number of nitrogens with two attached hydrogens (primary N) is 1. The Hall–Kier alpha value is -0.960. The van der Waals surface area contributed by atoms with Gasteiger partial charge in [-0.3, -0.25) is 5.10 Å². The van der Waals surface area contributed by atoms with Crippen LogP contribution in [-0.4, -0.2) is 50.2 Å². The van der Waals surface area contributed by atoms with Crippen molar-refractivity contribution in [1.82, 2.24) is 19.8 Å². The summed E-state index contributed by atoms with van der Waals surface area (Å²) >= 11 is 0. The Bertz CT molecular complexity index is 561. The molecular weight excluding hydrogens is 290 g/mol. The van der Waals surface area contributed by atoms with Crippen molar-refractivity contribution in [2.45, 2.75) is 37.8 Å². The van der Waals surface area contributed by atoms with Gasteiger partial charge in [-0.2, -0.15) is 5.10 Å². The molecule has 1 aliphatic heterocycles. The second-order valence-electron chi connectivity index (χ2n) is 5.77. The maximum absolute atomic E-state index is 12.3. The molecule has 1 aromatic rings. The van der Waals surface area contributed by atoms with Crippen LogP contribution in [0.25, 0.3) is 0 Å². The number of likely N-dealkylation sites (tertiary alicyclic amines) is 1. The molecule has 21 heavy (non-hydrogen) atoms. The number of aromatic amines is 1. The zero-order valence-corrected chi connectivity index (χ0v) is 13.5. The summed E-state index contributed by atoms with van der Waals surface area (Å²) in [6.45, 7) is 4.56. The minimum atomic E-state index is -3.58. The number of rotatable bonds is 6. The smallest absolute Gasteiger partial charge is 0.260 e. The molecule has 0 saturated carbocycles. The van der Waals surface area contributed by atoms with Gasteiger partial charge in [-0.05, 0) is 52.2 Å². The fourth-order valence-corrected chi connectivity index (χ4v) is 3.96. The fraction of sp³-hybridized carbons (Fsp3) is 0.769. The summed E-state index contributed by atoms with van der Waals surface area (Å²) in [5.74, 6) is 0.596. The minimum Gasteiger partial charge on any atom is -0.326 e. The van der Waals surface area contributed by atoms with Crippen molar-refractivity contribution in [2.75, 3.05) is 26.7 Å². The van der Waals surface area contributed by atoms with E-state index in [1.807, 2.05) is 0 Å². The molecule has 0 atom stereocenters. The Labute approximate surface area is 126 Å². The Morgan fingerprint density at radius 1 is 1.43 bits per heavy atom. The second kappa shape index (κ2) is 6.87. The lowest BCUT2D eigenvalue weighted by Gasteiger charge is -2.28. The topological polar surface area (TPSA) is 104 Å². The lowest BCUT2D eigenvalue weighted by atomic mass is 9.94. The number of aromatic nitrogens is 2. The quantitative estimate of drug-likeness (QED) is 0.695. The minimum absolute atomic E-state index is 0.0332. The van der Waals surface area contributed by atoms with Crippen LogP contribution in [0.3, 0.4) is 0 Å². The van der Waals surface area contributed by atoms with Crippen LogP contribution in [0.4, 0.5) is 0 Å². The van der Waals surface area contributed by atoms with Crippen LogP contribution in [0.5, 0.6) is 0 Å². The van der Waals surface area contributed by atoms with Gasteiger partial charge in [-0.25, -0.2) is 13.1 Å². The van der Waals surface area contributed by atoms with Gasteiger partial charge in [0, 0.05) is 24.3 Å². The molecule has 0 bridgehead atoms. The molecule has 0 aliphatic carbocycles. The van der Waals surface area contributed by atoms with Gasteiger partial charge in [-0.1, -0.05) is 0 Å². The van der Waals surface area contributed by atoms with Crippen molar-refractivity contribution >= 4 is 10.0 Å². The second-order valence-corrected chi connectivity index (χ2v) is 7.45. The first-order valence-corrected chi connectivity index (χ1v) is 8.84. The lowest BCUT2D eigenvalue weighted by Crippen LogP contribution is -2.33. The number of hydrogen-bond donors (Lipinski definition) is 3. The highest BCUT2D eigenvalue weighted by molar-refractivity contribution is 7.89. The predicted octanol–water partition coefficient (Wildman–Crippen LogP) is 0.187. The normalized spacial score (nSPS) is 18.2. The number of H-pyrrole nitrogens is 1. The van der Waals surface area contributed by atoms with E-state index in [0.29, 0.717) is 23.7 Å². The molecule has 1 fully saturated rings.